The Hall–Kier alpha value is -0.540. The number of anilines is 1. The highest BCUT2D eigenvalue weighted by Crippen LogP contribution is 2.40. The molecule has 1 saturated heterocycles. The summed E-state index contributed by atoms with van der Waals surface area (Å²) in [5.41, 5.74) is 8.78. The number of rotatable bonds is 1. The van der Waals surface area contributed by atoms with Gasteiger partial charge in [-0.1, -0.05) is 22.0 Å². The quantitative estimate of drug-likeness (QED) is 0.857. The highest BCUT2D eigenvalue weighted by atomic mass is 79.9. The number of fused-ring (bicyclic) bond motifs is 3. The molecule has 0 spiro atoms. The first-order valence-electron chi connectivity index (χ1n) is 6.06. The van der Waals surface area contributed by atoms with Crippen molar-refractivity contribution in [2.45, 2.75) is 37.8 Å². The van der Waals surface area contributed by atoms with Crippen LogP contribution in [-0.4, -0.2) is 18.6 Å². The number of benzene rings is 1. The van der Waals surface area contributed by atoms with Gasteiger partial charge in [-0.25, -0.2) is 0 Å². The van der Waals surface area contributed by atoms with Crippen LogP contribution in [0.3, 0.4) is 0 Å². The summed E-state index contributed by atoms with van der Waals surface area (Å²) in [6, 6.07) is 7.94. The zero-order valence-corrected chi connectivity index (χ0v) is 10.9. The van der Waals surface area contributed by atoms with Crippen molar-refractivity contribution >= 4 is 21.6 Å². The van der Waals surface area contributed by atoms with Crippen LogP contribution in [-0.2, 0) is 6.42 Å². The number of nitrogens with zero attached hydrogens (tertiary/aromatic N) is 1. The average Bonchev–Trinajstić information content (AvgIpc) is 2.72. The predicted molar refractivity (Wildman–Crippen MR) is 70.8 cm³/mol. The Morgan fingerprint density at radius 2 is 2.19 bits per heavy atom. The van der Waals surface area contributed by atoms with E-state index in [2.05, 4.69) is 39.0 Å². The van der Waals surface area contributed by atoms with Crippen LogP contribution < -0.4 is 10.6 Å². The molecule has 2 atom stereocenters. The van der Waals surface area contributed by atoms with Crippen LogP contribution in [0.2, 0.25) is 0 Å². The Kier molecular flexibility index (Phi) is 2.68. The molecule has 0 aromatic heterocycles. The molecular weight excluding hydrogens is 264 g/mol. The van der Waals surface area contributed by atoms with E-state index in [1.807, 2.05) is 0 Å². The number of nitrogens with two attached hydrogens (primary N) is 1. The minimum absolute atomic E-state index is 0.554. The van der Waals surface area contributed by atoms with E-state index in [1.54, 1.807) is 0 Å². The van der Waals surface area contributed by atoms with Crippen molar-refractivity contribution < 1.29 is 0 Å². The Balaban J connectivity index is 2.04. The normalized spacial score (nSPS) is 27.8. The maximum Gasteiger partial charge on any atom is 0.0416 e. The monoisotopic (exact) mass is 280 g/mol. The van der Waals surface area contributed by atoms with Crippen molar-refractivity contribution in [2.75, 3.05) is 11.4 Å². The number of hydrogen-bond donors (Lipinski definition) is 1. The van der Waals surface area contributed by atoms with E-state index in [1.165, 1.54) is 41.4 Å². The molecular formula is C13H17BrN2. The molecule has 0 bridgehead atoms. The van der Waals surface area contributed by atoms with Gasteiger partial charge in [0.2, 0.25) is 0 Å². The molecule has 86 valence electrons. The molecule has 3 heteroatoms. The topological polar surface area (TPSA) is 29.3 Å². The summed E-state index contributed by atoms with van der Waals surface area (Å²) >= 11 is 3.57. The van der Waals surface area contributed by atoms with E-state index in [0.717, 1.165) is 12.6 Å². The molecule has 0 saturated carbocycles. The molecule has 1 aromatic carbocycles. The molecule has 2 nitrogen and oxygen atoms in total. The number of hydrogen-bond acceptors (Lipinski definition) is 2. The summed E-state index contributed by atoms with van der Waals surface area (Å²) in [5, 5.41) is 0. The lowest BCUT2D eigenvalue weighted by molar-refractivity contribution is 0.562. The molecule has 1 fully saturated rings. The Morgan fingerprint density at radius 1 is 1.31 bits per heavy atom. The molecule has 1 aromatic rings. The minimum Gasteiger partial charge on any atom is -0.364 e. The summed E-state index contributed by atoms with van der Waals surface area (Å²) < 4.78 is 1.18. The Morgan fingerprint density at radius 3 is 3.00 bits per heavy atom. The van der Waals surface area contributed by atoms with Crippen LogP contribution in [0.15, 0.2) is 22.7 Å². The van der Waals surface area contributed by atoms with E-state index >= 15 is 0 Å². The molecule has 2 unspecified atom stereocenters. The smallest absolute Gasteiger partial charge is 0.0416 e. The summed E-state index contributed by atoms with van der Waals surface area (Å²) in [6.07, 6.45) is 5.09. The van der Waals surface area contributed by atoms with E-state index in [4.69, 9.17) is 5.73 Å². The van der Waals surface area contributed by atoms with Crippen molar-refractivity contribution in [1.29, 1.82) is 0 Å². The molecule has 2 heterocycles. The van der Waals surface area contributed by atoms with Crippen molar-refractivity contribution in [3.05, 3.63) is 28.2 Å². The molecule has 3 rings (SSSR count). The summed E-state index contributed by atoms with van der Waals surface area (Å²) in [5.74, 6) is 0. The van der Waals surface area contributed by atoms with Gasteiger partial charge < -0.3 is 10.6 Å². The van der Waals surface area contributed by atoms with Crippen LogP contribution in [0.25, 0.3) is 0 Å². The van der Waals surface area contributed by atoms with Gasteiger partial charge in [0.1, 0.15) is 0 Å². The molecule has 2 aliphatic rings. The zero-order chi connectivity index (χ0) is 11.1. The largest absolute Gasteiger partial charge is 0.364 e. The first kappa shape index (κ1) is 10.6. The van der Waals surface area contributed by atoms with Crippen molar-refractivity contribution in [2.24, 2.45) is 5.73 Å². The highest BCUT2D eigenvalue weighted by Gasteiger charge is 2.36. The summed E-state index contributed by atoms with van der Waals surface area (Å²) in [4.78, 5) is 2.57. The van der Waals surface area contributed by atoms with Crippen LogP contribution >= 0.6 is 15.9 Å². The number of halogens is 1. The van der Waals surface area contributed by atoms with Gasteiger partial charge in [0.25, 0.3) is 0 Å². The lowest BCUT2D eigenvalue weighted by atomic mass is 9.96. The van der Waals surface area contributed by atoms with Crippen molar-refractivity contribution in [1.82, 2.24) is 0 Å². The lowest BCUT2D eigenvalue weighted by Crippen LogP contribution is -2.43. The first-order chi connectivity index (χ1) is 7.79. The second-order valence-electron chi connectivity index (χ2n) is 4.84. The third kappa shape index (κ3) is 1.57. The van der Waals surface area contributed by atoms with E-state index in [-0.39, 0.29) is 0 Å². The highest BCUT2D eigenvalue weighted by molar-refractivity contribution is 9.10. The first-order valence-corrected chi connectivity index (χ1v) is 6.85. The minimum atomic E-state index is 0.554. The fraction of sp³-hybridized carbons (Fsp3) is 0.538. The molecule has 0 aliphatic carbocycles. The van der Waals surface area contributed by atoms with Gasteiger partial charge in [-0.2, -0.15) is 0 Å². The molecule has 0 radical (unpaired) electrons. The Labute approximate surface area is 105 Å². The fourth-order valence-electron chi connectivity index (χ4n) is 3.18. The van der Waals surface area contributed by atoms with Crippen LogP contribution in [0.4, 0.5) is 5.69 Å². The van der Waals surface area contributed by atoms with Crippen molar-refractivity contribution in [3.8, 4) is 0 Å². The average molecular weight is 281 g/mol. The van der Waals surface area contributed by atoms with Gasteiger partial charge in [-0.3, -0.25) is 0 Å². The van der Waals surface area contributed by atoms with Crippen molar-refractivity contribution in [3.63, 3.8) is 0 Å². The molecule has 16 heavy (non-hydrogen) atoms. The SMILES string of the molecule is NCC1CCC2CCc3ccc(Br)cc3N12. The van der Waals surface area contributed by atoms with Crippen LogP contribution in [0, 0.1) is 0 Å². The predicted octanol–water partition coefficient (Wildman–Crippen LogP) is 2.69. The lowest BCUT2D eigenvalue weighted by Gasteiger charge is -2.37. The standard InChI is InChI=1S/C13H17BrN2/c14-10-3-1-9-2-4-11-5-6-12(8-15)16(11)13(9)7-10/h1,3,7,11-12H,2,4-6,8,15H2. The van der Waals surface area contributed by atoms with E-state index in [9.17, 15) is 0 Å². The van der Waals surface area contributed by atoms with Crippen LogP contribution in [0.5, 0.6) is 0 Å². The van der Waals surface area contributed by atoms with Gasteiger partial charge in [-0.05, 0) is 43.4 Å². The van der Waals surface area contributed by atoms with Crippen LogP contribution in [0.1, 0.15) is 24.8 Å². The van der Waals surface area contributed by atoms with E-state index in [0.29, 0.717) is 6.04 Å². The molecule has 0 amide bonds. The van der Waals surface area contributed by atoms with Gasteiger partial charge in [0.15, 0.2) is 0 Å². The molecule has 2 N–H and O–H groups in total. The molecule has 2 aliphatic heterocycles. The third-order valence-electron chi connectivity index (χ3n) is 3.96. The maximum absolute atomic E-state index is 5.88. The number of aryl methyl sites for hydroxylation is 1. The van der Waals surface area contributed by atoms with Gasteiger partial charge in [0, 0.05) is 28.8 Å². The van der Waals surface area contributed by atoms with Gasteiger partial charge >= 0.3 is 0 Å². The maximum atomic E-state index is 5.88. The Bertz CT molecular complexity index is 405. The third-order valence-corrected chi connectivity index (χ3v) is 4.46. The summed E-state index contributed by atoms with van der Waals surface area (Å²) in [7, 11) is 0. The van der Waals surface area contributed by atoms with E-state index < -0.39 is 0 Å². The second-order valence-corrected chi connectivity index (χ2v) is 5.76. The second kappa shape index (κ2) is 4.04. The fourth-order valence-corrected chi connectivity index (χ4v) is 3.53. The van der Waals surface area contributed by atoms with Gasteiger partial charge in [0.05, 0.1) is 0 Å². The van der Waals surface area contributed by atoms with Gasteiger partial charge in [-0.15, -0.1) is 0 Å². The zero-order valence-electron chi connectivity index (χ0n) is 9.32. The summed E-state index contributed by atoms with van der Waals surface area (Å²) in [6.45, 7) is 0.780.